The molecule has 1 amide bonds. The van der Waals surface area contributed by atoms with E-state index in [1.807, 2.05) is 27.7 Å². The number of nitrogens with one attached hydrogen (secondary N) is 1. The molecule has 0 spiro atoms. The van der Waals surface area contributed by atoms with Crippen molar-refractivity contribution in [3.05, 3.63) is 0 Å². The van der Waals surface area contributed by atoms with Crippen LogP contribution in [0.25, 0.3) is 0 Å². The zero-order valence-electron chi connectivity index (χ0n) is 11.4. The van der Waals surface area contributed by atoms with Crippen molar-refractivity contribution in [2.24, 2.45) is 0 Å². The third kappa shape index (κ3) is 3.85. The quantitative estimate of drug-likeness (QED) is 0.721. The first kappa shape index (κ1) is 14.3. The summed E-state index contributed by atoms with van der Waals surface area (Å²) in [6.45, 7) is 10.5. The second-order valence-corrected chi connectivity index (χ2v) is 5.63. The summed E-state index contributed by atoms with van der Waals surface area (Å²) in [5.41, 5.74) is -0.484. The van der Waals surface area contributed by atoms with Gasteiger partial charge in [0.1, 0.15) is 5.60 Å². The van der Waals surface area contributed by atoms with Crippen molar-refractivity contribution >= 4 is 6.09 Å². The molecule has 0 aromatic carbocycles. The molecule has 0 bridgehead atoms. The van der Waals surface area contributed by atoms with Crippen LogP contribution in [0, 0.1) is 0 Å². The number of hydrogen-bond donors (Lipinski definition) is 2. The molecule has 17 heavy (non-hydrogen) atoms. The summed E-state index contributed by atoms with van der Waals surface area (Å²) < 4.78 is 5.35. The minimum absolute atomic E-state index is 0.0707. The lowest BCUT2D eigenvalue weighted by Gasteiger charge is -2.41. The molecule has 5 nitrogen and oxygen atoms in total. The molecule has 1 rings (SSSR count). The molecule has 1 heterocycles. The molecule has 3 atom stereocenters. The van der Waals surface area contributed by atoms with Crippen LogP contribution in [-0.2, 0) is 4.74 Å². The molecular weight excluding hydrogens is 220 g/mol. The molecule has 1 saturated heterocycles. The third-order valence-corrected chi connectivity index (χ3v) is 2.89. The number of aliphatic hydroxyl groups excluding tert-OH is 1. The van der Waals surface area contributed by atoms with Crippen molar-refractivity contribution in [3.63, 3.8) is 0 Å². The highest BCUT2D eigenvalue weighted by molar-refractivity contribution is 5.68. The number of hydrogen-bond acceptors (Lipinski definition) is 4. The van der Waals surface area contributed by atoms with E-state index in [1.165, 1.54) is 0 Å². The summed E-state index contributed by atoms with van der Waals surface area (Å²) in [5.74, 6) is 0. The normalized spacial score (nSPS) is 27.8. The smallest absolute Gasteiger partial charge is 0.410 e. The lowest BCUT2D eigenvalue weighted by atomic mass is 10.0. The van der Waals surface area contributed by atoms with E-state index in [0.29, 0.717) is 13.1 Å². The lowest BCUT2D eigenvalue weighted by molar-refractivity contribution is -0.00317. The van der Waals surface area contributed by atoms with Gasteiger partial charge in [-0.05, 0) is 34.6 Å². The molecule has 1 aliphatic heterocycles. The monoisotopic (exact) mass is 244 g/mol. The molecule has 2 N–H and O–H groups in total. The summed E-state index contributed by atoms with van der Waals surface area (Å²) in [6, 6.07) is -0.171. The first-order chi connectivity index (χ1) is 7.72. The van der Waals surface area contributed by atoms with Gasteiger partial charge in [0.25, 0.3) is 0 Å². The molecular formula is C12H24N2O3. The number of piperazine rings is 1. The van der Waals surface area contributed by atoms with Crippen molar-refractivity contribution in [1.29, 1.82) is 0 Å². The Morgan fingerprint density at radius 1 is 1.53 bits per heavy atom. The zero-order chi connectivity index (χ0) is 13.2. The number of nitrogens with zero attached hydrogens (tertiary/aromatic N) is 1. The highest BCUT2D eigenvalue weighted by Gasteiger charge is 2.35. The molecule has 5 heteroatoms. The van der Waals surface area contributed by atoms with Gasteiger partial charge in [0, 0.05) is 13.1 Å². The molecule has 0 aromatic rings. The van der Waals surface area contributed by atoms with Gasteiger partial charge >= 0.3 is 6.09 Å². The molecule has 0 aliphatic carbocycles. The van der Waals surface area contributed by atoms with Crippen LogP contribution in [0.2, 0.25) is 0 Å². The van der Waals surface area contributed by atoms with E-state index < -0.39 is 11.7 Å². The highest BCUT2D eigenvalue weighted by atomic mass is 16.6. The van der Waals surface area contributed by atoms with Crippen LogP contribution in [0.15, 0.2) is 0 Å². The fraction of sp³-hybridized carbons (Fsp3) is 0.917. The van der Waals surface area contributed by atoms with Crippen LogP contribution < -0.4 is 5.32 Å². The van der Waals surface area contributed by atoms with Crippen LogP contribution in [-0.4, -0.2) is 53.0 Å². The fourth-order valence-corrected chi connectivity index (χ4v) is 2.07. The number of rotatable bonds is 1. The molecule has 3 unspecified atom stereocenters. The van der Waals surface area contributed by atoms with E-state index >= 15 is 0 Å². The van der Waals surface area contributed by atoms with Gasteiger partial charge in [-0.15, -0.1) is 0 Å². The first-order valence-electron chi connectivity index (χ1n) is 6.13. The van der Waals surface area contributed by atoms with Crippen LogP contribution in [0.5, 0.6) is 0 Å². The molecule has 0 aromatic heterocycles. The summed E-state index contributed by atoms with van der Waals surface area (Å²) in [7, 11) is 0. The van der Waals surface area contributed by atoms with Gasteiger partial charge in [-0.1, -0.05) is 0 Å². The Bertz CT molecular complexity index is 273. The largest absolute Gasteiger partial charge is 0.444 e. The van der Waals surface area contributed by atoms with Crippen molar-refractivity contribution in [2.75, 3.05) is 13.1 Å². The second-order valence-electron chi connectivity index (χ2n) is 5.63. The first-order valence-corrected chi connectivity index (χ1v) is 6.13. The maximum atomic E-state index is 12.0. The van der Waals surface area contributed by atoms with Crippen molar-refractivity contribution in [3.8, 4) is 0 Å². The SMILES string of the molecule is CC(O)C1NCCN(C(=O)OC(C)(C)C)C1C. The van der Waals surface area contributed by atoms with Gasteiger partial charge in [-0.2, -0.15) is 0 Å². The molecule has 0 saturated carbocycles. The number of carbonyl (C=O) groups is 1. The van der Waals surface area contributed by atoms with E-state index in [1.54, 1.807) is 11.8 Å². The summed E-state index contributed by atoms with van der Waals surface area (Å²) >= 11 is 0. The summed E-state index contributed by atoms with van der Waals surface area (Å²) in [4.78, 5) is 13.7. The summed E-state index contributed by atoms with van der Waals surface area (Å²) in [6.07, 6.45) is -0.799. The van der Waals surface area contributed by atoms with E-state index in [9.17, 15) is 9.90 Å². The van der Waals surface area contributed by atoms with Gasteiger partial charge in [0.2, 0.25) is 0 Å². The average molecular weight is 244 g/mol. The minimum atomic E-state index is -0.491. The Morgan fingerprint density at radius 2 is 2.12 bits per heavy atom. The predicted molar refractivity (Wildman–Crippen MR) is 65.9 cm³/mol. The van der Waals surface area contributed by atoms with E-state index in [2.05, 4.69) is 5.32 Å². The Labute approximate surface area is 103 Å². The maximum absolute atomic E-state index is 12.0. The zero-order valence-corrected chi connectivity index (χ0v) is 11.4. The van der Waals surface area contributed by atoms with Crippen molar-refractivity contribution < 1.29 is 14.6 Å². The van der Waals surface area contributed by atoms with Crippen molar-refractivity contribution in [1.82, 2.24) is 10.2 Å². The number of ether oxygens (including phenoxy) is 1. The third-order valence-electron chi connectivity index (χ3n) is 2.89. The standard InChI is InChI=1S/C12H24N2O3/c1-8-10(9(2)15)13-6-7-14(8)11(16)17-12(3,4)5/h8-10,13,15H,6-7H2,1-5H3. The van der Waals surface area contributed by atoms with Gasteiger partial charge < -0.3 is 20.1 Å². The molecule has 0 radical (unpaired) electrons. The van der Waals surface area contributed by atoms with Gasteiger partial charge in [0.05, 0.1) is 18.2 Å². The van der Waals surface area contributed by atoms with E-state index in [0.717, 1.165) is 0 Å². The predicted octanol–water partition coefficient (Wildman–Crippen LogP) is 0.965. The Morgan fingerprint density at radius 3 is 2.59 bits per heavy atom. The molecule has 100 valence electrons. The van der Waals surface area contributed by atoms with Crippen molar-refractivity contribution in [2.45, 2.75) is 58.4 Å². The number of aliphatic hydroxyl groups is 1. The lowest BCUT2D eigenvalue weighted by Crippen LogP contribution is -2.62. The molecule has 1 fully saturated rings. The Kier molecular flexibility index (Phi) is 4.38. The number of amides is 1. The average Bonchev–Trinajstić information content (AvgIpc) is 2.14. The fourth-order valence-electron chi connectivity index (χ4n) is 2.07. The molecule has 1 aliphatic rings. The van der Waals surface area contributed by atoms with Crippen LogP contribution in [0.4, 0.5) is 4.79 Å². The van der Waals surface area contributed by atoms with Crippen LogP contribution in [0.1, 0.15) is 34.6 Å². The van der Waals surface area contributed by atoms with Crippen LogP contribution in [0.3, 0.4) is 0 Å². The second kappa shape index (κ2) is 5.23. The maximum Gasteiger partial charge on any atom is 0.410 e. The van der Waals surface area contributed by atoms with E-state index in [4.69, 9.17) is 4.74 Å². The van der Waals surface area contributed by atoms with E-state index in [-0.39, 0.29) is 18.2 Å². The highest BCUT2D eigenvalue weighted by Crippen LogP contribution is 2.17. The topological polar surface area (TPSA) is 61.8 Å². The minimum Gasteiger partial charge on any atom is -0.444 e. The van der Waals surface area contributed by atoms with Gasteiger partial charge in [-0.25, -0.2) is 4.79 Å². The summed E-state index contributed by atoms with van der Waals surface area (Å²) in [5, 5.41) is 12.9. The van der Waals surface area contributed by atoms with Gasteiger partial charge in [-0.3, -0.25) is 0 Å². The van der Waals surface area contributed by atoms with Crippen LogP contribution >= 0.6 is 0 Å². The van der Waals surface area contributed by atoms with Gasteiger partial charge in [0.15, 0.2) is 0 Å². The Balaban J connectivity index is 2.67. The Hall–Kier alpha value is -0.810. The number of carbonyl (C=O) groups excluding carboxylic acids is 1.